The molecule has 13 heavy (non-hydrogen) atoms. The van der Waals surface area contributed by atoms with Crippen molar-refractivity contribution in [2.24, 2.45) is 0 Å². The number of hydrogen-bond acceptors (Lipinski definition) is 2. The molecule has 3 nitrogen and oxygen atoms in total. The molecule has 0 radical (unpaired) electrons. The minimum atomic E-state index is 0.449. The maximum absolute atomic E-state index is 5.89. The molecule has 0 aliphatic rings. The summed E-state index contributed by atoms with van der Waals surface area (Å²) in [6.07, 6.45) is 3.46. The lowest BCUT2D eigenvalue weighted by Crippen LogP contribution is -1.92. The molecule has 0 unspecified atom stereocenters. The first kappa shape index (κ1) is 8.97. The van der Waals surface area contributed by atoms with Gasteiger partial charge in [0, 0.05) is 12.7 Å². The van der Waals surface area contributed by atoms with Gasteiger partial charge >= 0.3 is 0 Å². The zero-order valence-corrected chi connectivity index (χ0v) is 9.30. The molecule has 0 aliphatic heterocycles. The van der Waals surface area contributed by atoms with Crippen LogP contribution in [-0.2, 0) is 6.54 Å². The highest BCUT2D eigenvalue weighted by Crippen LogP contribution is 2.26. The quantitative estimate of drug-likeness (QED) is 0.738. The molecular weight excluding hydrogens is 253 g/mol. The van der Waals surface area contributed by atoms with Crippen LogP contribution in [0.3, 0.4) is 0 Å². The fourth-order valence-corrected chi connectivity index (χ4v) is 1.96. The number of aryl methyl sites for hydroxylation is 1. The Morgan fingerprint density at radius 1 is 1.54 bits per heavy atom. The van der Waals surface area contributed by atoms with Crippen molar-refractivity contribution in [3.8, 4) is 0 Å². The molecule has 2 aromatic rings. The van der Waals surface area contributed by atoms with Crippen LogP contribution in [0.2, 0.25) is 5.15 Å². The Balaban J connectivity index is 2.87. The van der Waals surface area contributed by atoms with Gasteiger partial charge in [-0.15, -0.1) is 0 Å². The van der Waals surface area contributed by atoms with E-state index in [1.807, 2.05) is 4.57 Å². The average molecular weight is 261 g/mol. The molecule has 0 saturated carbocycles. The Bertz CT molecular complexity index is 452. The summed E-state index contributed by atoms with van der Waals surface area (Å²) in [6.45, 7) is 2.93. The van der Waals surface area contributed by atoms with Crippen molar-refractivity contribution in [1.82, 2.24) is 14.5 Å². The van der Waals surface area contributed by atoms with Crippen LogP contribution in [0.25, 0.3) is 11.0 Å². The van der Waals surface area contributed by atoms with Crippen molar-refractivity contribution >= 4 is 38.6 Å². The lowest BCUT2D eigenvalue weighted by Gasteiger charge is -2.00. The molecule has 0 spiro atoms. The second kappa shape index (κ2) is 3.27. The zero-order valence-electron chi connectivity index (χ0n) is 6.96. The molecule has 0 saturated heterocycles. The molecular formula is C8H7BrClN3. The average Bonchev–Trinajstić information content (AvgIpc) is 2.56. The van der Waals surface area contributed by atoms with Gasteiger partial charge in [0.2, 0.25) is 0 Å². The molecule has 68 valence electrons. The maximum atomic E-state index is 5.89. The lowest BCUT2D eigenvalue weighted by molar-refractivity contribution is 0.785. The van der Waals surface area contributed by atoms with Gasteiger partial charge in [0.1, 0.15) is 5.52 Å². The molecule has 2 rings (SSSR count). The predicted molar refractivity (Wildman–Crippen MR) is 55.9 cm³/mol. The Labute approximate surface area is 88.9 Å². The summed E-state index contributed by atoms with van der Waals surface area (Å²) in [7, 11) is 0. The summed E-state index contributed by atoms with van der Waals surface area (Å²) in [5.41, 5.74) is 1.75. The van der Waals surface area contributed by atoms with E-state index < -0.39 is 0 Å². The third-order valence-corrected chi connectivity index (χ3v) is 2.75. The van der Waals surface area contributed by atoms with Crippen LogP contribution in [0.4, 0.5) is 0 Å². The van der Waals surface area contributed by atoms with E-state index in [0.29, 0.717) is 5.15 Å². The van der Waals surface area contributed by atoms with E-state index in [4.69, 9.17) is 11.6 Å². The second-order valence-electron chi connectivity index (χ2n) is 2.62. The maximum Gasteiger partial charge on any atom is 0.156 e. The second-order valence-corrected chi connectivity index (χ2v) is 3.84. The van der Waals surface area contributed by atoms with Crippen LogP contribution < -0.4 is 0 Å². The summed E-state index contributed by atoms with van der Waals surface area (Å²) in [6, 6.07) is 0. The lowest BCUT2D eigenvalue weighted by atomic mass is 10.4. The molecule has 5 heteroatoms. The largest absolute Gasteiger partial charge is 0.330 e. The predicted octanol–water partition coefficient (Wildman–Crippen LogP) is 2.87. The Kier molecular flexibility index (Phi) is 2.26. The van der Waals surface area contributed by atoms with Crippen molar-refractivity contribution in [2.45, 2.75) is 13.5 Å². The van der Waals surface area contributed by atoms with Crippen molar-refractivity contribution in [2.75, 3.05) is 0 Å². The zero-order chi connectivity index (χ0) is 9.42. The van der Waals surface area contributed by atoms with E-state index in [1.165, 1.54) is 0 Å². The van der Waals surface area contributed by atoms with Gasteiger partial charge in [-0.2, -0.15) is 0 Å². The number of aromatic nitrogens is 3. The monoisotopic (exact) mass is 259 g/mol. The molecule has 0 N–H and O–H groups in total. The van der Waals surface area contributed by atoms with E-state index in [0.717, 1.165) is 22.1 Å². The molecule has 0 amide bonds. The van der Waals surface area contributed by atoms with E-state index in [-0.39, 0.29) is 0 Å². The van der Waals surface area contributed by atoms with Gasteiger partial charge in [-0.05, 0) is 22.9 Å². The van der Waals surface area contributed by atoms with Gasteiger partial charge in [0.15, 0.2) is 5.15 Å². The number of pyridine rings is 1. The summed E-state index contributed by atoms with van der Waals surface area (Å²) < 4.78 is 2.94. The Morgan fingerprint density at radius 2 is 2.31 bits per heavy atom. The van der Waals surface area contributed by atoms with Gasteiger partial charge in [-0.3, -0.25) is 0 Å². The van der Waals surface area contributed by atoms with Crippen LogP contribution in [0, 0.1) is 0 Å². The topological polar surface area (TPSA) is 30.7 Å². The standard InChI is InChI=1S/C8H7BrClN3/c1-2-13-4-12-6-7(13)5(9)3-11-8(6)10/h3-4H,2H2,1H3. The van der Waals surface area contributed by atoms with Crippen LogP contribution in [0.15, 0.2) is 17.0 Å². The van der Waals surface area contributed by atoms with Gasteiger partial charge in [0.05, 0.1) is 16.3 Å². The van der Waals surface area contributed by atoms with E-state index in [2.05, 4.69) is 32.8 Å². The summed E-state index contributed by atoms with van der Waals surface area (Å²) in [4.78, 5) is 8.19. The number of fused-ring (bicyclic) bond motifs is 1. The first-order valence-electron chi connectivity index (χ1n) is 3.89. The van der Waals surface area contributed by atoms with Crippen LogP contribution in [0.5, 0.6) is 0 Å². The molecule has 0 fully saturated rings. The van der Waals surface area contributed by atoms with Crippen LogP contribution in [0.1, 0.15) is 6.92 Å². The van der Waals surface area contributed by atoms with Crippen molar-refractivity contribution in [3.63, 3.8) is 0 Å². The van der Waals surface area contributed by atoms with E-state index >= 15 is 0 Å². The fraction of sp³-hybridized carbons (Fsp3) is 0.250. The summed E-state index contributed by atoms with van der Waals surface area (Å²) in [5, 5.41) is 0.449. The van der Waals surface area contributed by atoms with Gasteiger partial charge in [0.25, 0.3) is 0 Å². The SMILES string of the molecule is CCn1cnc2c(Cl)ncc(Br)c21. The number of imidazole rings is 1. The van der Waals surface area contributed by atoms with Gasteiger partial charge in [-0.25, -0.2) is 9.97 Å². The van der Waals surface area contributed by atoms with Crippen molar-refractivity contribution in [1.29, 1.82) is 0 Å². The van der Waals surface area contributed by atoms with E-state index in [1.54, 1.807) is 12.5 Å². The third kappa shape index (κ3) is 1.34. The first-order chi connectivity index (χ1) is 6.24. The number of nitrogens with zero attached hydrogens (tertiary/aromatic N) is 3. The molecule has 0 atom stereocenters. The normalized spacial score (nSPS) is 11.0. The van der Waals surface area contributed by atoms with Crippen molar-refractivity contribution < 1.29 is 0 Å². The highest BCUT2D eigenvalue weighted by atomic mass is 79.9. The summed E-state index contributed by atoms with van der Waals surface area (Å²) >= 11 is 9.31. The van der Waals surface area contributed by atoms with Gasteiger partial charge in [-0.1, -0.05) is 11.6 Å². The minimum Gasteiger partial charge on any atom is -0.330 e. The molecule has 0 bridgehead atoms. The van der Waals surface area contributed by atoms with E-state index in [9.17, 15) is 0 Å². The third-order valence-electron chi connectivity index (χ3n) is 1.89. The molecule has 2 aromatic heterocycles. The minimum absolute atomic E-state index is 0.449. The molecule has 2 heterocycles. The summed E-state index contributed by atoms with van der Waals surface area (Å²) in [5.74, 6) is 0. The van der Waals surface area contributed by atoms with Crippen molar-refractivity contribution in [3.05, 3.63) is 22.1 Å². The smallest absolute Gasteiger partial charge is 0.156 e. The van der Waals surface area contributed by atoms with Gasteiger partial charge < -0.3 is 4.57 Å². The van der Waals surface area contributed by atoms with Crippen LogP contribution >= 0.6 is 27.5 Å². The Hall–Kier alpha value is -0.610. The fourth-order valence-electron chi connectivity index (χ4n) is 1.26. The van der Waals surface area contributed by atoms with Crippen LogP contribution in [-0.4, -0.2) is 14.5 Å². The number of rotatable bonds is 1. The molecule has 0 aromatic carbocycles. The highest BCUT2D eigenvalue weighted by molar-refractivity contribution is 9.10. The first-order valence-corrected chi connectivity index (χ1v) is 5.06. The highest BCUT2D eigenvalue weighted by Gasteiger charge is 2.09. The Morgan fingerprint density at radius 3 is 3.00 bits per heavy atom. The number of halogens is 2. The number of hydrogen-bond donors (Lipinski definition) is 0. The molecule has 0 aliphatic carbocycles.